The van der Waals surface area contributed by atoms with Gasteiger partial charge in [0.15, 0.2) is 0 Å². The molecule has 2 rings (SSSR count). The molecule has 0 radical (unpaired) electrons. The van der Waals surface area contributed by atoms with Crippen molar-refractivity contribution in [1.29, 1.82) is 0 Å². The zero-order valence-electron chi connectivity index (χ0n) is 13.9. The summed E-state index contributed by atoms with van der Waals surface area (Å²) < 4.78 is 0. The fraction of sp³-hybridized carbons (Fsp3) is 0.471. The van der Waals surface area contributed by atoms with E-state index in [4.69, 9.17) is 0 Å². The molecule has 3 amide bonds. The second kappa shape index (κ2) is 6.02. The van der Waals surface area contributed by atoms with Crippen molar-refractivity contribution in [3.8, 4) is 0 Å². The highest BCUT2D eigenvalue weighted by Crippen LogP contribution is 2.26. The van der Waals surface area contributed by atoms with Crippen molar-refractivity contribution in [2.24, 2.45) is 0 Å². The van der Waals surface area contributed by atoms with Crippen molar-refractivity contribution in [3.05, 3.63) is 35.4 Å². The highest BCUT2D eigenvalue weighted by Gasteiger charge is 2.40. The second-order valence-electron chi connectivity index (χ2n) is 6.65. The van der Waals surface area contributed by atoms with Crippen LogP contribution in [0, 0.1) is 0 Å². The lowest BCUT2D eigenvalue weighted by Gasteiger charge is -2.40. The van der Waals surface area contributed by atoms with Gasteiger partial charge >= 0.3 is 6.09 Å². The predicted octanol–water partition coefficient (Wildman–Crippen LogP) is 2.84. The standard InChI is InChI=1S/C17H22N2O4/c1-5-11(19(16(22)23)17(2,3)4)10-18-14(20)12-8-6-7-9-13(12)15(18)21/h6-9,11H,5,10H2,1-4H3,(H,22,23). The molecule has 23 heavy (non-hydrogen) atoms. The summed E-state index contributed by atoms with van der Waals surface area (Å²) in [5, 5.41) is 9.53. The second-order valence-corrected chi connectivity index (χ2v) is 6.65. The first kappa shape index (κ1) is 17.0. The van der Waals surface area contributed by atoms with Gasteiger partial charge in [-0.25, -0.2) is 4.79 Å². The predicted molar refractivity (Wildman–Crippen MR) is 85.5 cm³/mol. The fourth-order valence-corrected chi connectivity index (χ4v) is 3.00. The smallest absolute Gasteiger partial charge is 0.408 e. The number of amides is 3. The molecule has 0 aliphatic carbocycles. The van der Waals surface area contributed by atoms with Gasteiger partial charge in [0.2, 0.25) is 0 Å². The summed E-state index contributed by atoms with van der Waals surface area (Å²) in [6, 6.07) is 6.21. The van der Waals surface area contributed by atoms with Gasteiger partial charge in [-0.3, -0.25) is 19.4 Å². The van der Waals surface area contributed by atoms with Crippen LogP contribution in [0.25, 0.3) is 0 Å². The number of hydrogen-bond donors (Lipinski definition) is 1. The number of nitrogens with zero attached hydrogens (tertiary/aromatic N) is 2. The highest BCUT2D eigenvalue weighted by atomic mass is 16.4. The van der Waals surface area contributed by atoms with Crippen LogP contribution in [0.3, 0.4) is 0 Å². The van der Waals surface area contributed by atoms with Crippen molar-refractivity contribution in [3.63, 3.8) is 0 Å². The van der Waals surface area contributed by atoms with Crippen LogP contribution in [-0.2, 0) is 0 Å². The molecule has 1 aromatic rings. The van der Waals surface area contributed by atoms with Crippen molar-refractivity contribution < 1.29 is 19.5 Å². The molecule has 0 aromatic heterocycles. The van der Waals surface area contributed by atoms with Crippen LogP contribution in [0.4, 0.5) is 4.79 Å². The van der Waals surface area contributed by atoms with Crippen molar-refractivity contribution in [2.45, 2.75) is 45.7 Å². The van der Waals surface area contributed by atoms with E-state index in [2.05, 4.69) is 0 Å². The third-order valence-electron chi connectivity index (χ3n) is 4.04. The van der Waals surface area contributed by atoms with Crippen LogP contribution in [0.15, 0.2) is 24.3 Å². The van der Waals surface area contributed by atoms with E-state index in [0.717, 1.165) is 4.90 Å². The van der Waals surface area contributed by atoms with Crippen LogP contribution in [-0.4, -0.2) is 50.9 Å². The molecule has 124 valence electrons. The first-order chi connectivity index (χ1) is 10.7. The van der Waals surface area contributed by atoms with Crippen LogP contribution >= 0.6 is 0 Å². The minimum absolute atomic E-state index is 0.0619. The molecular formula is C17H22N2O4. The van der Waals surface area contributed by atoms with E-state index in [1.165, 1.54) is 4.90 Å². The summed E-state index contributed by atoms with van der Waals surface area (Å²) in [6.45, 7) is 7.31. The number of carbonyl (C=O) groups is 3. The molecule has 0 bridgehead atoms. The molecule has 1 aliphatic rings. The summed E-state index contributed by atoms with van der Waals surface area (Å²) in [6.07, 6.45) is -0.544. The van der Waals surface area contributed by atoms with E-state index in [1.807, 2.05) is 6.92 Å². The van der Waals surface area contributed by atoms with Crippen molar-refractivity contribution in [2.75, 3.05) is 6.54 Å². The molecule has 0 saturated heterocycles. The summed E-state index contributed by atoms with van der Waals surface area (Å²) >= 11 is 0. The van der Waals surface area contributed by atoms with E-state index < -0.39 is 17.7 Å². The van der Waals surface area contributed by atoms with E-state index in [9.17, 15) is 19.5 Å². The van der Waals surface area contributed by atoms with Gasteiger partial charge in [0.1, 0.15) is 0 Å². The fourth-order valence-electron chi connectivity index (χ4n) is 3.00. The third-order valence-corrected chi connectivity index (χ3v) is 4.04. The average Bonchev–Trinajstić information content (AvgIpc) is 2.70. The molecule has 0 saturated carbocycles. The molecule has 0 fully saturated rings. The van der Waals surface area contributed by atoms with E-state index >= 15 is 0 Å². The number of hydrogen-bond acceptors (Lipinski definition) is 3. The largest absolute Gasteiger partial charge is 0.465 e. The SMILES string of the molecule is CCC(CN1C(=O)c2ccccc2C1=O)N(C(=O)O)C(C)(C)C. The Balaban J connectivity index is 2.29. The number of benzene rings is 1. The summed E-state index contributed by atoms with van der Waals surface area (Å²) in [5.74, 6) is -0.716. The average molecular weight is 318 g/mol. The van der Waals surface area contributed by atoms with Gasteiger partial charge in [-0.2, -0.15) is 0 Å². The van der Waals surface area contributed by atoms with Crippen LogP contribution in [0.5, 0.6) is 0 Å². The van der Waals surface area contributed by atoms with Crippen LogP contribution in [0.1, 0.15) is 54.8 Å². The molecular weight excluding hydrogens is 296 g/mol. The Kier molecular flexibility index (Phi) is 4.45. The van der Waals surface area contributed by atoms with E-state index in [-0.39, 0.29) is 18.4 Å². The van der Waals surface area contributed by atoms with Crippen LogP contribution < -0.4 is 0 Å². The first-order valence-corrected chi connectivity index (χ1v) is 7.66. The molecule has 6 nitrogen and oxygen atoms in total. The Labute approximate surface area is 135 Å². The van der Waals surface area contributed by atoms with Crippen molar-refractivity contribution in [1.82, 2.24) is 9.80 Å². The lowest BCUT2D eigenvalue weighted by atomic mass is 10.0. The maximum atomic E-state index is 12.4. The van der Waals surface area contributed by atoms with Gasteiger partial charge < -0.3 is 5.11 Å². The molecule has 1 aromatic carbocycles. The zero-order valence-corrected chi connectivity index (χ0v) is 13.9. The summed E-state index contributed by atoms with van der Waals surface area (Å²) in [5.41, 5.74) is 0.139. The highest BCUT2D eigenvalue weighted by molar-refractivity contribution is 6.21. The van der Waals surface area contributed by atoms with Gasteiger partial charge in [0, 0.05) is 12.1 Å². The Bertz CT molecular complexity index is 613. The number of carbonyl (C=O) groups excluding carboxylic acids is 2. The number of fused-ring (bicyclic) bond motifs is 1. The van der Waals surface area contributed by atoms with E-state index in [1.54, 1.807) is 45.0 Å². The quantitative estimate of drug-likeness (QED) is 0.866. The van der Waals surface area contributed by atoms with Gasteiger partial charge in [-0.1, -0.05) is 19.1 Å². The lowest BCUT2D eigenvalue weighted by molar-refractivity contribution is 0.0423. The molecule has 1 heterocycles. The maximum absolute atomic E-state index is 12.4. The number of carboxylic acid groups (broad SMARTS) is 1. The van der Waals surface area contributed by atoms with E-state index in [0.29, 0.717) is 17.5 Å². The van der Waals surface area contributed by atoms with Crippen molar-refractivity contribution >= 4 is 17.9 Å². The number of rotatable bonds is 4. The molecule has 1 atom stereocenters. The Morgan fingerprint density at radius 1 is 1.17 bits per heavy atom. The minimum Gasteiger partial charge on any atom is -0.465 e. The molecule has 1 N–H and O–H groups in total. The monoisotopic (exact) mass is 318 g/mol. The van der Waals surface area contributed by atoms with Gasteiger partial charge in [0.25, 0.3) is 11.8 Å². The molecule has 0 spiro atoms. The van der Waals surface area contributed by atoms with Crippen LogP contribution in [0.2, 0.25) is 0 Å². The number of imide groups is 1. The molecule has 1 aliphatic heterocycles. The normalized spacial score (nSPS) is 15.6. The third kappa shape index (κ3) is 3.06. The summed E-state index contributed by atoms with van der Waals surface area (Å²) in [4.78, 5) is 39.0. The summed E-state index contributed by atoms with van der Waals surface area (Å²) in [7, 11) is 0. The Morgan fingerprint density at radius 2 is 1.65 bits per heavy atom. The first-order valence-electron chi connectivity index (χ1n) is 7.66. The Morgan fingerprint density at radius 3 is 2.00 bits per heavy atom. The molecule has 1 unspecified atom stereocenters. The topological polar surface area (TPSA) is 77.9 Å². The maximum Gasteiger partial charge on any atom is 0.408 e. The van der Waals surface area contributed by atoms with Gasteiger partial charge in [-0.05, 0) is 39.3 Å². The van der Waals surface area contributed by atoms with Gasteiger partial charge in [0.05, 0.1) is 17.2 Å². The lowest BCUT2D eigenvalue weighted by Crippen LogP contribution is -2.55. The molecule has 6 heteroatoms. The Hall–Kier alpha value is -2.37. The minimum atomic E-state index is -1.05. The zero-order chi connectivity index (χ0) is 17.4. The van der Waals surface area contributed by atoms with Gasteiger partial charge in [-0.15, -0.1) is 0 Å².